The summed E-state index contributed by atoms with van der Waals surface area (Å²) in [6, 6.07) is 0. The number of phosphoric acid groups is 2. The monoisotopic (exact) mass is 1310 g/mol. The Bertz CT molecular complexity index is 1730. The van der Waals surface area contributed by atoms with Gasteiger partial charge in [-0.1, -0.05) is 305 Å². The summed E-state index contributed by atoms with van der Waals surface area (Å²) < 4.78 is 68.2. The largest absolute Gasteiger partial charge is 0.472 e. The smallest absolute Gasteiger partial charge is 0.462 e. The highest BCUT2D eigenvalue weighted by atomic mass is 31.2. The van der Waals surface area contributed by atoms with Gasteiger partial charge in [0.1, 0.15) is 19.3 Å². The maximum atomic E-state index is 13.0. The maximum absolute atomic E-state index is 13.0. The van der Waals surface area contributed by atoms with Crippen LogP contribution in [0.1, 0.15) is 356 Å². The van der Waals surface area contributed by atoms with Gasteiger partial charge < -0.3 is 33.8 Å². The van der Waals surface area contributed by atoms with E-state index < -0.39 is 97.5 Å². The number of hydrogen-bond donors (Lipinski definition) is 3. The molecule has 89 heavy (non-hydrogen) atoms. The second-order valence-corrected chi connectivity index (χ2v) is 29.1. The molecule has 0 bridgehead atoms. The third-order valence-electron chi connectivity index (χ3n) is 16.2. The molecule has 0 saturated heterocycles. The number of carbonyl (C=O) groups excluding carboxylic acids is 4. The van der Waals surface area contributed by atoms with E-state index in [0.29, 0.717) is 25.7 Å². The molecule has 528 valence electrons. The summed E-state index contributed by atoms with van der Waals surface area (Å²) in [4.78, 5) is 72.4. The topological polar surface area (TPSA) is 237 Å². The van der Waals surface area contributed by atoms with Crippen LogP contribution in [-0.2, 0) is 65.4 Å². The van der Waals surface area contributed by atoms with E-state index in [-0.39, 0.29) is 25.7 Å². The van der Waals surface area contributed by atoms with E-state index in [1.54, 1.807) is 0 Å². The van der Waals surface area contributed by atoms with Gasteiger partial charge in [-0.2, -0.15) is 0 Å². The van der Waals surface area contributed by atoms with Gasteiger partial charge in [0, 0.05) is 25.7 Å². The predicted octanol–water partition coefficient (Wildman–Crippen LogP) is 20.0. The lowest BCUT2D eigenvalue weighted by Gasteiger charge is -2.21. The van der Waals surface area contributed by atoms with E-state index in [0.717, 1.165) is 115 Å². The van der Waals surface area contributed by atoms with Crippen LogP contribution >= 0.6 is 15.6 Å². The summed E-state index contributed by atoms with van der Waals surface area (Å²) >= 11 is 0. The van der Waals surface area contributed by atoms with Crippen LogP contribution in [0.4, 0.5) is 0 Å². The average Bonchev–Trinajstić information content (AvgIpc) is 3.52. The van der Waals surface area contributed by atoms with Gasteiger partial charge in [0.25, 0.3) is 0 Å². The summed E-state index contributed by atoms with van der Waals surface area (Å²) in [5.41, 5.74) is 0. The predicted molar refractivity (Wildman–Crippen MR) is 358 cm³/mol. The van der Waals surface area contributed by atoms with E-state index in [4.69, 9.17) is 37.0 Å². The molecule has 17 nitrogen and oxygen atoms in total. The molecule has 5 atom stereocenters. The number of aliphatic hydroxyl groups excluding tert-OH is 1. The molecule has 0 heterocycles. The van der Waals surface area contributed by atoms with E-state index in [1.165, 1.54) is 161 Å². The molecule has 0 aliphatic rings. The van der Waals surface area contributed by atoms with E-state index in [9.17, 15) is 43.2 Å². The van der Waals surface area contributed by atoms with Crippen LogP contribution in [0, 0.1) is 11.8 Å². The van der Waals surface area contributed by atoms with E-state index in [2.05, 4.69) is 41.5 Å². The quantitative estimate of drug-likeness (QED) is 0.0222. The van der Waals surface area contributed by atoms with Gasteiger partial charge in [0.05, 0.1) is 26.4 Å². The average molecular weight is 1310 g/mol. The van der Waals surface area contributed by atoms with Gasteiger partial charge in [-0.15, -0.1) is 0 Å². The van der Waals surface area contributed by atoms with Crippen LogP contribution < -0.4 is 0 Å². The summed E-state index contributed by atoms with van der Waals surface area (Å²) in [7, 11) is -9.90. The highest BCUT2D eigenvalue weighted by Crippen LogP contribution is 2.45. The Labute approximate surface area is 543 Å². The minimum Gasteiger partial charge on any atom is -0.462 e. The highest BCUT2D eigenvalue weighted by molar-refractivity contribution is 7.47. The lowest BCUT2D eigenvalue weighted by molar-refractivity contribution is -0.161. The number of phosphoric ester groups is 2. The Hall–Kier alpha value is -1.94. The lowest BCUT2D eigenvalue weighted by Crippen LogP contribution is -2.30. The van der Waals surface area contributed by atoms with Crippen molar-refractivity contribution in [2.24, 2.45) is 11.8 Å². The van der Waals surface area contributed by atoms with Gasteiger partial charge >= 0.3 is 39.5 Å². The molecule has 19 heteroatoms. The molecule has 0 rings (SSSR count). The number of unbranched alkanes of at least 4 members (excludes halogenated alkanes) is 39. The van der Waals surface area contributed by atoms with Crippen molar-refractivity contribution < 1.29 is 80.2 Å². The highest BCUT2D eigenvalue weighted by Gasteiger charge is 2.30. The van der Waals surface area contributed by atoms with Gasteiger partial charge in [-0.05, 0) is 37.5 Å². The van der Waals surface area contributed by atoms with Crippen molar-refractivity contribution in [2.45, 2.75) is 374 Å². The van der Waals surface area contributed by atoms with Crippen molar-refractivity contribution in [1.29, 1.82) is 0 Å². The van der Waals surface area contributed by atoms with Crippen molar-refractivity contribution in [2.75, 3.05) is 39.6 Å². The van der Waals surface area contributed by atoms with Crippen LogP contribution in [0.25, 0.3) is 0 Å². The van der Waals surface area contributed by atoms with Crippen molar-refractivity contribution >= 4 is 39.5 Å². The van der Waals surface area contributed by atoms with Crippen LogP contribution in [0.5, 0.6) is 0 Å². The number of rotatable bonds is 69. The maximum Gasteiger partial charge on any atom is 0.472 e. The molecular formula is C70H136O17P2. The fraction of sp³-hybridized carbons (Fsp3) is 0.943. The summed E-state index contributed by atoms with van der Waals surface area (Å²) in [5.74, 6) is -0.591. The van der Waals surface area contributed by atoms with Crippen LogP contribution in [0.3, 0.4) is 0 Å². The molecule has 0 radical (unpaired) electrons. The second kappa shape index (κ2) is 62.2. The lowest BCUT2D eigenvalue weighted by atomic mass is 10.0. The molecule has 3 N–H and O–H groups in total. The molecule has 0 spiro atoms. The Morgan fingerprint density at radius 3 is 0.764 bits per heavy atom. The first kappa shape index (κ1) is 87.1. The molecule has 0 aromatic heterocycles. The molecular weight excluding hydrogens is 1170 g/mol. The number of ether oxygens (including phenoxy) is 4. The minimum absolute atomic E-state index is 0.106. The van der Waals surface area contributed by atoms with Crippen LogP contribution in [0.15, 0.2) is 0 Å². The van der Waals surface area contributed by atoms with Crippen molar-refractivity contribution in [3.05, 3.63) is 0 Å². The first-order valence-electron chi connectivity index (χ1n) is 36.5. The summed E-state index contributed by atoms with van der Waals surface area (Å²) in [6.45, 7) is 9.52. The fourth-order valence-corrected chi connectivity index (χ4v) is 12.2. The zero-order valence-corrected chi connectivity index (χ0v) is 59.5. The molecule has 0 aromatic rings. The Balaban J connectivity index is 5.21. The molecule has 0 fully saturated rings. The third kappa shape index (κ3) is 64.6. The minimum atomic E-state index is -4.95. The summed E-state index contributed by atoms with van der Waals surface area (Å²) in [6.07, 6.45) is 47.2. The zero-order chi connectivity index (χ0) is 65.7. The number of esters is 4. The molecule has 0 saturated carbocycles. The Morgan fingerprint density at radius 1 is 0.303 bits per heavy atom. The van der Waals surface area contributed by atoms with Crippen molar-refractivity contribution in [1.82, 2.24) is 0 Å². The zero-order valence-electron chi connectivity index (χ0n) is 57.7. The number of carbonyl (C=O) groups is 4. The second-order valence-electron chi connectivity index (χ2n) is 26.2. The molecule has 0 amide bonds. The standard InChI is InChI=1S/C70H136O17P2/c1-7-9-11-13-15-16-17-18-19-24-30-36-42-48-54-69(74)86-65(58-80-67(72)52-46-40-32-14-12-10-8-2)60-84-88(76,77)82-56-64(71)57-83-89(78,79)85-61-66(87-70(75)55-49-43-37-31-26-21-23-28-34-39-45-51-63(5)6)59-81-68(73)53-47-41-35-29-25-20-22-27-33-38-44-50-62(3)4/h62-66,71H,7-61H2,1-6H3,(H,76,77)(H,78,79)/t64-,65+,66+/m0/s1. The first-order valence-corrected chi connectivity index (χ1v) is 39.5. The first-order chi connectivity index (χ1) is 42.9. The normalized spacial score (nSPS) is 14.1. The number of aliphatic hydroxyl groups is 1. The van der Waals surface area contributed by atoms with Gasteiger partial charge in [0.15, 0.2) is 12.2 Å². The number of hydrogen-bond acceptors (Lipinski definition) is 15. The fourth-order valence-electron chi connectivity index (χ4n) is 10.6. The molecule has 0 aromatic carbocycles. The van der Waals surface area contributed by atoms with Gasteiger partial charge in [-0.25, -0.2) is 9.13 Å². The van der Waals surface area contributed by atoms with Crippen molar-refractivity contribution in [3.63, 3.8) is 0 Å². The Morgan fingerprint density at radius 2 is 0.517 bits per heavy atom. The SMILES string of the molecule is CCCCCCCCCCCCCCCCC(=O)O[C@H](COC(=O)CCCCCCCCC)COP(=O)(O)OC[C@H](O)COP(=O)(O)OC[C@@H](COC(=O)CCCCCCCCCCCCCC(C)C)OC(=O)CCCCCCCCCCCCCC(C)C. The third-order valence-corrected chi connectivity index (χ3v) is 18.1. The van der Waals surface area contributed by atoms with E-state index in [1.807, 2.05) is 0 Å². The van der Waals surface area contributed by atoms with Crippen LogP contribution in [0.2, 0.25) is 0 Å². The molecule has 0 aliphatic heterocycles. The van der Waals surface area contributed by atoms with Gasteiger partial charge in [0.2, 0.25) is 0 Å². The van der Waals surface area contributed by atoms with Gasteiger partial charge in [-0.3, -0.25) is 37.3 Å². The van der Waals surface area contributed by atoms with E-state index >= 15 is 0 Å². The van der Waals surface area contributed by atoms with Crippen molar-refractivity contribution in [3.8, 4) is 0 Å². The molecule has 0 aliphatic carbocycles. The summed E-state index contributed by atoms with van der Waals surface area (Å²) in [5, 5.41) is 10.6. The Kier molecular flexibility index (Phi) is 60.8. The molecule has 2 unspecified atom stereocenters. The van der Waals surface area contributed by atoms with Crippen LogP contribution in [-0.4, -0.2) is 96.7 Å².